The van der Waals surface area contributed by atoms with Gasteiger partial charge < -0.3 is 10.6 Å². The minimum atomic E-state index is -0.0856. The molecule has 8 nitrogen and oxygen atoms in total. The Morgan fingerprint density at radius 1 is 1.11 bits per heavy atom. The fourth-order valence-corrected chi connectivity index (χ4v) is 5.83. The molecular formula is C27H28ClN7O. The molecule has 1 aliphatic carbocycles. The van der Waals surface area contributed by atoms with E-state index in [0.29, 0.717) is 46.8 Å². The zero-order valence-corrected chi connectivity index (χ0v) is 21.1. The van der Waals surface area contributed by atoms with Crippen LogP contribution in [-0.4, -0.2) is 44.1 Å². The average Bonchev–Trinajstić information content (AvgIpc) is 3.29. The quantitative estimate of drug-likeness (QED) is 0.392. The molecule has 2 atom stereocenters. The highest BCUT2D eigenvalue weighted by Gasteiger charge is 2.51. The molecule has 6 rings (SSSR count). The molecule has 2 unspecified atom stereocenters. The van der Waals surface area contributed by atoms with E-state index in [4.69, 9.17) is 16.6 Å². The summed E-state index contributed by atoms with van der Waals surface area (Å²) in [6, 6.07) is 7.52. The smallest absolute Gasteiger partial charge is 0.260 e. The Labute approximate surface area is 214 Å². The van der Waals surface area contributed by atoms with Crippen molar-refractivity contribution < 1.29 is 0 Å². The Kier molecular flexibility index (Phi) is 5.93. The first kappa shape index (κ1) is 23.1. The predicted molar refractivity (Wildman–Crippen MR) is 142 cm³/mol. The molecule has 0 radical (unpaired) electrons. The number of hydrogen-bond donors (Lipinski definition) is 2. The average molecular weight is 502 g/mol. The number of nitrogens with zero attached hydrogens (tertiary/aromatic N) is 5. The monoisotopic (exact) mass is 501 g/mol. The Balaban J connectivity index is 1.41. The largest absolute Gasteiger partial charge is 0.354 e. The van der Waals surface area contributed by atoms with Gasteiger partial charge >= 0.3 is 0 Å². The molecule has 0 bridgehead atoms. The van der Waals surface area contributed by atoms with Crippen LogP contribution in [0.4, 0.5) is 5.95 Å². The number of hydrogen-bond acceptors (Lipinski definition) is 7. The zero-order chi connectivity index (χ0) is 24.8. The van der Waals surface area contributed by atoms with Gasteiger partial charge in [0.15, 0.2) is 0 Å². The molecule has 2 aliphatic rings. The summed E-state index contributed by atoms with van der Waals surface area (Å²) < 4.78 is 1.81. The highest BCUT2D eigenvalue weighted by Crippen LogP contribution is 2.50. The molecule has 1 saturated heterocycles. The van der Waals surface area contributed by atoms with Gasteiger partial charge in [0.25, 0.3) is 5.56 Å². The summed E-state index contributed by atoms with van der Waals surface area (Å²) in [5.74, 6) is 2.69. The number of aryl methyl sites for hydroxylation is 2. The molecule has 9 heteroatoms. The van der Waals surface area contributed by atoms with E-state index in [1.165, 1.54) is 0 Å². The SMILES string of the molecule is CCNc1ncc2cc(-c3ccc(-c4cncc(C)n4)cc3Cl)c(=O)n(CCC3C4CNCC34)c2n1. The maximum absolute atomic E-state index is 13.9. The molecule has 2 fully saturated rings. The number of piperidine rings is 1. The van der Waals surface area contributed by atoms with Gasteiger partial charge in [0.2, 0.25) is 5.95 Å². The fraction of sp³-hybridized carbons (Fsp3) is 0.370. The van der Waals surface area contributed by atoms with E-state index in [1.807, 2.05) is 42.7 Å². The van der Waals surface area contributed by atoms with Crippen LogP contribution in [-0.2, 0) is 6.54 Å². The second-order valence-corrected chi connectivity index (χ2v) is 10.1. The number of benzene rings is 1. The number of halogens is 1. The number of aromatic nitrogens is 5. The molecule has 3 aromatic heterocycles. The van der Waals surface area contributed by atoms with E-state index in [1.54, 1.807) is 18.6 Å². The van der Waals surface area contributed by atoms with Crippen LogP contribution < -0.4 is 16.2 Å². The third kappa shape index (κ3) is 4.14. The van der Waals surface area contributed by atoms with Crippen LogP contribution in [0, 0.1) is 24.7 Å². The van der Waals surface area contributed by atoms with Crippen molar-refractivity contribution in [3.05, 3.63) is 63.9 Å². The molecule has 1 aromatic carbocycles. The van der Waals surface area contributed by atoms with Gasteiger partial charge in [-0.25, -0.2) is 9.97 Å². The van der Waals surface area contributed by atoms with Crippen molar-refractivity contribution in [1.29, 1.82) is 0 Å². The number of anilines is 1. The second kappa shape index (κ2) is 9.26. The van der Waals surface area contributed by atoms with E-state index < -0.39 is 0 Å². The lowest BCUT2D eigenvalue weighted by atomic mass is 10.0. The highest BCUT2D eigenvalue weighted by atomic mass is 35.5. The molecular weight excluding hydrogens is 474 g/mol. The Morgan fingerprint density at radius 3 is 2.69 bits per heavy atom. The van der Waals surface area contributed by atoms with Gasteiger partial charge in [0.05, 0.1) is 17.6 Å². The van der Waals surface area contributed by atoms with Crippen molar-refractivity contribution in [1.82, 2.24) is 29.8 Å². The first-order chi connectivity index (χ1) is 17.5. The van der Waals surface area contributed by atoms with E-state index in [9.17, 15) is 4.79 Å². The normalized spacial score (nSPS) is 20.5. The van der Waals surface area contributed by atoms with Crippen molar-refractivity contribution in [2.24, 2.45) is 17.8 Å². The molecule has 36 heavy (non-hydrogen) atoms. The topological polar surface area (TPSA) is 97.6 Å². The van der Waals surface area contributed by atoms with Crippen molar-refractivity contribution in [3.63, 3.8) is 0 Å². The van der Waals surface area contributed by atoms with Gasteiger partial charge in [0, 0.05) is 52.6 Å². The number of nitrogens with one attached hydrogen (secondary N) is 2. The van der Waals surface area contributed by atoms with Gasteiger partial charge in [-0.15, -0.1) is 0 Å². The van der Waals surface area contributed by atoms with Crippen LogP contribution in [0.15, 0.2) is 47.7 Å². The maximum Gasteiger partial charge on any atom is 0.260 e. The van der Waals surface area contributed by atoms with Crippen molar-refractivity contribution in [3.8, 4) is 22.4 Å². The molecule has 1 saturated carbocycles. The number of pyridine rings is 1. The van der Waals surface area contributed by atoms with Crippen LogP contribution in [0.1, 0.15) is 19.0 Å². The number of fused-ring (bicyclic) bond motifs is 2. The maximum atomic E-state index is 13.9. The van der Waals surface area contributed by atoms with Crippen LogP contribution in [0.5, 0.6) is 0 Å². The molecule has 0 amide bonds. The summed E-state index contributed by atoms with van der Waals surface area (Å²) in [6.45, 7) is 7.41. The first-order valence-electron chi connectivity index (χ1n) is 12.5. The lowest BCUT2D eigenvalue weighted by Gasteiger charge is -2.15. The molecule has 4 heterocycles. The highest BCUT2D eigenvalue weighted by molar-refractivity contribution is 6.33. The zero-order valence-electron chi connectivity index (χ0n) is 20.3. The predicted octanol–water partition coefficient (Wildman–Crippen LogP) is 4.16. The second-order valence-electron chi connectivity index (χ2n) is 9.70. The van der Waals surface area contributed by atoms with Crippen molar-refractivity contribution in [2.75, 3.05) is 25.0 Å². The van der Waals surface area contributed by atoms with E-state index in [2.05, 4.69) is 25.6 Å². The third-order valence-corrected chi connectivity index (χ3v) is 7.74. The Morgan fingerprint density at radius 2 is 1.94 bits per heavy atom. The van der Waals surface area contributed by atoms with Crippen molar-refractivity contribution >= 4 is 28.6 Å². The van der Waals surface area contributed by atoms with Gasteiger partial charge in [0.1, 0.15) is 5.65 Å². The van der Waals surface area contributed by atoms with Gasteiger partial charge in [-0.1, -0.05) is 23.7 Å². The lowest BCUT2D eigenvalue weighted by Crippen LogP contribution is -2.24. The van der Waals surface area contributed by atoms with E-state index in [-0.39, 0.29) is 5.56 Å². The number of rotatable bonds is 7. The summed E-state index contributed by atoms with van der Waals surface area (Å²) in [5.41, 5.74) is 4.23. The Hall–Kier alpha value is -3.36. The van der Waals surface area contributed by atoms with Crippen molar-refractivity contribution in [2.45, 2.75) is 26.8 Å². The van der Waals surface area contributed by atoms with Gasteiger partial charge in [-0.05, 0) is 63.2 Å². The van der Waals surface area contributed by atoms with E-state index >= 15 is 0 Å². The summed E-state index contributed by atoms with van der Waals surface area (Å²) in [6.07, 6.45) is 6.17. The fourth-order valence-electron chi connectivity index (χ4n) is 5.55. The summed E-state index contributed by atoms with van der Waals surface area (Å²) >= 11 is 6.75. The summed E-state index contributed by atoms with van der Waals surface area (Å²) in [4.78, 5) is 31.8. The van der Waals surface area contributed by atoms with E-state index in [0.717, 1.165) is 53.7 Å². The molecule has 4 aromatic rings. The van der Waals surface area contributed by atoms with Crippen LogP contribution in [0.3, 0.4) is 0 Å². The molecule has 1 aliphatic heterocycles. The summed E-state index contributed by atoms with van der Waals surface area (Å²) in [5, 5.41) is 7.91. The van der Waals surface area contributed by atoms with Crippen LogP contribution in [0.25, 0.3) is 33.4 Å². The van der Waals surface area contributed by atoms with Gasteiger partial charge in [-0.2, -0.15) is 4.98 Å². The lowest BCUT2D eigenvalue weighted by molar-refractivity contribution is 0.511. The summed E-state index contributed by atoms with van der Waals surface area (Å²) in [7, 11) is 0. The minimum Gasteiger partial charge on any atom is -0.354 e. The third-order valence-electron chi connectivity index (χ3n) is 7.43. The minimum absolute atomic E-state index is 0.0856. The van der Waals surface area contributed by atoms with Crippen LogP contribution >= 0.6 is 11.6 Å². The van der Waals surface area contributed by atoms with Crippen LogP contribution in [0.2, 0.25) is 5.02 Å². The first-order valence-corrected chi connectivity index (χ1v) is 12.9. The molecule has 184 valence electrons. The standard InChI is InChI=1S/C27H28ClN7O/c1-3-31-27-32-11-17-8-20(19-5-4-16(9-23(19)28)24-14-29-10-15(2)33-24)26(36)35(25(17)34-27)7-6-18-21-12-30-13-22(18)21/h4-5,8-11,14,18,21-22,30H,3,6-7,12-13H2,1-2H3,(H,31,32,34). The van der Waals surface area contributed by atoms with Gasteiger partial charge in [-0.3, -0.25) is 14.3 Å². The molecule has 2 N–H and O–H groups in total. The Bertz CT molecular complexity index is 1510. The molecule has 0 spiro atoms.